The molecule has 1 fully saturated rings. The summed E-state index contributed by atoms with van der Waals surface area (Å²) in [6.45, 7) is -0.527. The molecule has 1 aliphatic rings. The third-order valence-electron chi connectivity index (χ3n) is 5.95. The molecule has 3 aromatic rings. The molecule has 1 saturated heterocycles. The molecule has 3 aromatic carbocycles. The van der Waals surface area contributed by atoms with Gasteiger partial charge in [-0.3, -0.25) is 0 Å². The van der Waals surface area contributed by atoms with Gasteiger partial charge in [-0.25, -0.2) is 0 Å². The Hall–Kier alpha value is -2.70. The van der Waals surface area contributed by atoms with Gasteiger partial charge in [0.25, 0.3) is 5.79 Å². The first-order valence-electron chi connectivity index (χ1n) is 11.5. The molecule has 5 N–H and O–H groups in total. The highest BCUT2D eigenvalue weighted by Crippen LogP contribution is 2.41. The summed E-state index contributed by atoms with van der Waals surface area (Å²) in [5, 5.41) is 54.7. The minimum Gasteiger partial charge on any atom is -0.382 e. The molecule has 9 heteroatoms. The number of hydrogen-bond donors (Lipinski definition) is 5. The van der Waals surface area contributed by atoms with Gasteiger partial charge in [0.15, 0.2) is 18.5 Å². The van der Waals surface area contributed by atoms with Crippen LogP contribution in [0.1, 0.15) is 16.7 Å². The van der Waals surface area contributed by atoms with Crippen LogP contribution in [0.3, 0.4) is 0 Å². The highest BCUT2D eigenvalue weighted by molar-refractivity contribution is 5.16. The standard InChI is InChI=1S/C27H30O9/c28-22-23(29)36-24(26(22,31)34-17-20-12-6-2-7-13-20)27(32,35-18-21-14-8-3-9-15-21)25(30)33-16-19-10-4-1-5-11-19/h1-15,22-25,28-32H,16-18H2/t22-,23?,24-,25?,26-,27+/m0/s1. The molecular formula is C27H30O9. The van der Waals surface area contributed by atoms with Crippen molar-refractivity contribution in [2.24, 2.45) is 0 Å². The molecule has 0 bridgehead atoms. The average Bonchev–Trinajstić information content (AvgIpc) is 3.15. The molecular weight excluding hydrogens is 468 g/mol. The molecule has 0 spiro atoms. The number of ether oxygens (including phenoxy) is 4. The lowest BCUT2D eigenvalue weighted by molar-refractivity contribution is -0.404. The minimum atomic E-state index is -2.77. The quantitative estimate of drug-likeness (QED) is 0.248. The second-order valence-electron chi connectivity index (χ2n) is 8.55. The minimum absolute atomic E-state index is 0.111. The van der Waals surface area contributed by atoms with Crippen molar-refractivity contribution in [1.82, 2.24) is 0 Å². The Morgan fingerprint density at radius 2 is 1.25 bits per heavy atom. The molecule has 36 heavy (non-hydrogen) atoms. The Kier molecular flexibility index (Phi) is 8.47. The van der Waals surface area contributed by atoms with E-state index in [4.69, 9.17) is 18.9 Å². The van der Waals surface area contributed by atoms with Crippen LogP contribution in [0.4, 0.5) is 0 Å². The molecule has 0 radical (unpaired) electrons. The number of rotatable bonds is 11. The fraction of sp³-hybridized carbons (Fsp3) is 0.333. The summed E-state index contributed by atoms with van der Waals surface area (Å²) >= 11 is 0. The van der Waals surface area contributed by atoms with Crippen LogP contribution in [0.15, 0.2) is 91.0 Å². The van der Waals surface area contributed by atoms with Gasteiger partial charge >= 0.3 is 0 Å². The predicted molar refractivity (Wildman–Crippen MR) is 126 cm³/mol. The molecule has 0 saturated carbocycles. The maximum Gasteiger partial charge on any atom is 0.251 e. The fourth-order valence-corrected chi connectivity index (χ4v) is 3.92. The van der Waals surface area contributed by atoms with E-state index in [2.05, 4.69) is 0 Å². The maximum absolute atomic E-state index is 11.6. The molecule has 2 unspecified atom stereocenters. The van der Waals surface area contributed by atoms with Crippen LogP contribution < -0.4 is 0 Å². The number of aliphatic hydroxyl groups excluding tert-OH is 3. The van der Waals surface area contributed by atoms with E-state index < -0.39 is 36.4 Å². The van der Waals surface area contributed by atoms with Gasteiger partial charge in [0.05, 0.1) is 19.8 Å². The van der Waals surface area contributed by atoms with Crippen molar-refractivity contribution in [2.45, 2.75) is 56.2 Å². The summed E-state index contributed by atoms with van der Waals surface area (Å²) in [6.07, 6.45) is -7.97. The Bertz CT molecular complexity index is 1070. The molecule has 6 atom stereocenters. The summed E-state index contributed by atoms with van der Waals surface area (Å²) in [5.74, 6) is -5.44. The Morgan fingerprint density at radius 3 is 1.78 bits per heavy atom. The molecule has 0 aromatic heterocycles. The zero-order chi connectivity index (χ0) is 25.6. The molecule has 192 valence electrons. The molecule has 9 nitrogen and oxygen atoms in total. The third kappa shape index (κ3) is 5.81. The van der Waals surface area contributed by atoms with Crippen LogP contribution in [0.2, 0.25) is 0 Å². The number of aliphatic hydroxyl groups is 5. The average molecular weight is 499 g/mol. The number of hydrogen-bond acceptors (Lipinski definition) is 9. The monoisotopic (exact) mass is 498 g/mol. The Labute approximate surface area is 208 Å². The van der Waals surface area contributed by atoms with Crippen LogP contribution in [0.25, 0.3) is 0 Å². The summed E-state index contributed by atoms with van der Waals surface area (Å²) in [7, 11) is 0. The molecule has 1 aliphatic heterocycles. The van der Waals surface area contributed by atoms with Gasteiger partial charge in [0.1, 0.15) is 0 Å². The predicted octanol–water partition coefficient (Wildman–Crippen LogP) is 1.41. The SMILES string of the molecule is OC1O[C@H]([C@@](O)(OCc2ccccc2)C(O)OCc2ccccc2)[C@@](O)(OCc2ccccc2)[C@H]1O. The lowest BCUT2D eigenvalue weighted by Gasteiger charge is -2.42. The molecule has 1 heterocycles. The third-order valence-corrected chi connectivity index (χ3v) is 5.95. The second kappa shape index (κ2) is 11.6. The summed E-state index contributed by atoms with van der Waals surface area (Å²) in [6, 6.07) is 26.5. The summed E-state index contributed by atoms with van der Waals surface area (Å²) in [4.78, 5) is 0. The fourth-order valence-electron chi connectivity index (χ4n) is 3.92. The summed E-state index contributed by atoms with van der Waals surface area (Å²) in [5.41, 5.74) is 1.98. The molecule has 0 amide bonds. The van der Waals surface area contributed by atoms with Crippen molar-refractivity contribution >= 4 is 0 Å². The molecule has 0 aliphatic carbocycles. The maximum atomic E-state index is 11.6. The number of benzene rings is 3. The van der Waals surface area contributed by atoms with E-state index in [1.54, 1.807) is 84.9 Å². The summed E-state index contributed by atoms with van der Waals surface area (Å²) < 4.78 is 22.1. The van der Waals surface area contributed by atoms with E-state index in [0.717, 1.165) is 0 Å². The van der Waals surface area contributed by atoms with Crippen LogP contribution in [0, 0.1) is 0 Å². The smallest absolute Gasteiger partial charge is 0.251 e. The highest BCUT2D eigenvalue weighted by atomic mass is 16.8. The van der Waals surface area contributed by atoms with Crippen molar-refractivity contribution in [3.8, 4) is 0 Å². The highest BCUT2D eigenvalue weighted by Gasteiger charge is 2.67. The Balaban J connectivity index is 1.60. The van der Waals surface area contributed by atoms with Crippen LogP contribution in [-0.2, 0) is 38.8 Å². The first-order chi connectivity index (χ1) is 17.3. The second-order valence-corrected chi connectivity index (χ2v) is 8.55. The van der Waals surface area contributed by atoms with Crippen molar-refractivity contribution < 1.29 is 44.5 Å². The van der Waals surface area contributed by atoms with Gasteiger partial charge in [-0.05, 0) is 16.7 Å². The van der Waals surface area contributed by atoms with Crippen LogP contribution in [0.5, 0.6) is 0 Å². The zero-order valence-corrected chi connectivity index (χ0v) is 19.5. The van der Waals surface area contributed by atoms with E-state index in [0.29, 0.717) is 16.7 Å². The van der Waals surface area contributed by atoms with Crippen molar-refractivity contribution in [2.75, 3.05) is 0 Å². The van der Waals surface area contributed by atoms with Crippen molar-refractivity contribution in [3.05, 3.63) is 108 Å². The van der Waals surface area contributed by atoms with Crippen LogP contribution in [-0.4, -0.2) is 61.9 Å². The van der Waals surface area contributed by atoms with E-state index in [1.807, 2.05) is 6.07 Å². The van der Waals surface area contributed by atoms with Gasteiger partial charge in [-0.1, -0.05) is 91.0 Å². The van der Waals surface area contributed by atoms with Gasteiger partial charge in [0, 0.05) is 0 Å². The zero-order valence-electron chi connectivity index (χ0n) is 19.5. The van der Waals surface area contributed by atoms with Crippen molar-refractivity contribution in [3.63, 3.8) is 0 Å². The van der Waals surface area contributed by atoms with Crippen molar-refractivity contribution in [1.29, 1.82) is 0 Å². The lowest BCUT2D eigenvalue weighted by atomic mass is 9.97. The topological polar surface area (TPSA) is 138 Å². The molecule has 4 rings (SSSR count). The van der Waals surface area contributed by atoms with E-state index in [-0.39, 0.29) is 19.8 Å². The first-order valence-corrected chi connectivity index (χ1v) is 11.5. The normalized spacial score (nSPS) is 26.4. The largest absolute Gasteiger partial charge is 0.382 e. The first kappa shape index (κ1) is 26.4. The van der Waals surface area contributed by atoms with Gasteiger partial charge in [0.2, 0.25) is 12.1 Å². The van der Waals surface area contributed by atoms with Gasteiger partial charge in [-0.2, -0.15) is 0 Å². The Morgan fingerprint density at radius 1 is 0.778 bits per heavy atom. The van der Waals surface area contributed by atoms with E-state index in [9.17, 15) is 25.5 Å². The van der Waals surface area contributed by atoms with Crippen LogP contribution >= 0.6 is 0 Å². The van der Waals surface area contributed by atoms with Gasteiger partial charge < -0.3 is 44.5 Å². The van der Waals surface area contributed by atoms with E-state index in [1.165, 1.54) is 0 Å². The lowest BCUT2D eigenvalue weighted by Crippen LogP contribution is -2.65. The van der Waals surface area contributed by atoms with E-state index >= 15 is 0 Å². The van der Waals surface area contributed by atoms with Gasteiger partial charge in [-0.15, -0.1) is 0 Å².